The van der Waals surface area contributed by atoms with Crippen LogP contribution < -0.4 is 10.6 Å². The largest absolute Gasteiger partial charge is 0.464 e. The van der Waals surface area contributed by atoms with E-state index < -0.39 is 17.9 Å². The first-order chi connectivity index (χ1) is 9.88. The highest BCUT2D eigenvalue weighted by atomic mass is 16.5. The Bertz CT molecular complexity index is 538. The summed E-state index contributed by atoms with van der Waals surface area (Å²) in [6, 6.07) is -0.664. The van der Waals surface area contributed by atoms with Gasteiger partial charge in [-0.2, -0.15) is 0 Å². The van der Waals surface area contributed by atoms with Crippen molar-refractivity contribution in [3.63, 3.8) is 0 Å². The topological polar surface area (TPSA) is 115 Å². The summed E-state index contributed by atoms with van der Waals surface area (Å²) in [4.78, 5) is 34.6. The Morgan fingerprint density at radius 1 is 1.33 bits per heavy atom. The van der Waals surface area contributed by atoms with Crippen LogP contribution in [0.3, 0.4) is 0 Å². The number of ether oxygens (including phenoxy) is 1. The number of nitrogens with one attached hydrogen (secondary N) is 2. The second kappa shape index (κ2) is 7.36. The minimum atomic E-state index is -0.615. The number of amides is 3. The first-order valence-electron chi connectivity index (χ1n) is 6.50. The molecule has 116 valence electrons. The number of hydrogen-bond acceptors (Lipinski definition) is 6. The molecule has 0 bridgehead atoms. The lowest BCUT2D eigenvalue weighted by molar-refractivity contribution is -0.120. The van der Waals surface area contributed by atoms with Crippen molar-refractivity contribution in [2.45, 2.75) is 39.8 Å². The van der Waals surface area contributed by atoms with Gasteiger partial charge in [-0.15, -0.1) is 5.10 Å². The Labute approximate surface area is 122 Å². The van der Waals surface area contributed by atoms with E-state index in [1.165, 1.54) is 11.8 Å². The Kier molecular flexibility index (Phi) is 5.82. The third-order valence-corrected chi connectivity index (χ3v) is 2.52. The molecule has 0 aliphatic heterocycles. The quantitative estimate of drug-likeness (QED) is 0.731. The first kappa shape index (κ1) is 16.6. The van der Waals surface area contributed by atoms with Crippen molar-refractivity contribution in [1.29, 1.82) is 0 Å². The van der Waals surface area contributed by atoms with Crippen LogP contribution >= 0.6 is 0 Å². The van der Waals surface area contributed by atoms with Gasteiger partial charge in [0, 0.05) is 6.04 Å². The summed E-state index contributed by atoms with van der Waals surface area (Å²) in [6.07, 6.45) is 0.447. The molecule has 0 aliphatic rings. The van der Waals surface area contributed by atoms with Crippen LogP contribution in [0.2, 0.25) is 0 Å². The highest BCUT2D eigenvalue weighted by Gasteiger charge is 2.20. The maximum Gasteiger partial charge on any atom is 0.360 e. The molecular formula is C12H19N5O4. The van der Waals surface area contributed by atoms with Gasteiger partial charge >= 0.3 is 12.0 Å². The monoisotopic (exact) mass is 297 g/mol. The molecule has 0 unspecified atom stereocenters. The van der Waals surface area contributed by atoms with Crippen LogP contribution in [0.4, 0.5) is 4.79 Å². The zero-order chi connectivity index (χ0) is 16.0. The van der Waals surface area contributed by atoms with Gasteiger partial charge in [-0.3, -0.25) is 10.1 Å². The Morgan fingerprint density at radius 3 is 2.52 bits per heavy atom. The molecular weight excluding hydrogens is 278 g/mol. The van der Waals surface area contributed by atoms with E-state index in [1.807, 2.05) is 0 Å². The molecule has 0 saturated heterocycles. The minimum absolute atomic E-state index is 0.0689. The van der Waals surface area contributed by atoms with Crippen LogP contribution in [0.15, 0.2) is 0 Å². The number of hydrogen-bond donors (Lipinski definition) is 2. The van der Waals surface area contributed by atoms with E-state index in [9.17, 15) is 14.4 Å². The average molecular weight is 297 g/mol. The van der Waals surface area contributed by atoms with E-state index in [1.54, 1.807) is 20.8 Å². The highest BCUT2D eigenvalue weighted by molar-refractivity contribution is 5.94. The zero-order valence-electron chi connectivity index (χ0n) is 12.5. The minimum Gasteiger partial charge on any atom is -0.464 e. The number of esters is 1. The number of carbonyl (C=O) groups is 3. The molecule has 1 aromatic rings. The number of imide groups is 1. The summed E-state index contributed by atoms with van der Waals surface area (Å²) in [6.45, 7) is 5.14. The lowest BCUT2D eigenvalue weighted by Gasteiger charge is -2.09. The van der Waals surface area contributed by atoms with Gasteiger partial charge in [0.25, 0.3) is 0 Å². The summed E-state index contributed by atoms with van der Waals surface area (Å²) in [5.41, 5.74) is 0.542. The summed E-state index contributed by atoms with van der Waals surface area (Å²) >= 11 is 0. The summed E-state index contributed by atoms with van der Waals surface area (Å²) in [5.74, 6) is -1.17. The van der Waals surface area contributed by atoms with Crippen molar-refractivity contribution in [2.75, 3.05) is 7.11 Å². The van der Waals surface area contributed by atoms with Gasteiger partial charge in [-0.1, -0.05) is 12.1 Å². The van der Waals surface area contributed by atoms with E-state index in [2.05, 4.69) is 25.7 Å². The Hall–Kier alpha value is -2.45. The standard InChI is InChI=1S/C12H19N5O4/c1-5-8-10(11(19)21-4)15-16-17(8)6-9(18)14-12(20)13-7(2)3/h7H,5-6H2,1-4H3,(H2,13,14,18,20). The molecule has 0 spiro atoms. The fraction of sp³-hybridized carbons (Fsp3) is 0.583. The highest BCUT2D eigenvalue weighted by Crippen LogP contribution is 2.07. The molecule has 0 atom stereocenters. The molecule has 0 aliphatic carbocycles. The molecule has 2 N–H and O–H groups in total. The fourth-order valence-electron chi connectivity index (χ4n) is 1.67. The molecule has 0 radical (unpaired) electrons. The molecule has 1 heterocycles. The molecule has 9 heteroatoms. The molecule has 1 aromatic heterocycles. The van der Waals surface area contributed by atoms with E-state index in [0.29, 0.717) is 12.1 Å². The van der Waals surface area contributed by atoms with Crippen molar-refractivity contribution in [3.8, 4) is 0 Å². The van der Waals surface area contributed by atoms with Crippen molar-refractivity contribution < 1.29 is 19.1 Å². The third-order valence-electron chi connectivity index (χ3n) is 2.52. The lowest BCUT2D eigenvalue weighted by Crippen LogP contribution is -2.43. The van der Waals surface area contributed by atoms with Crippen LogP contribution in [0, 0.1) is 0 Å². The van der Waals surface area contributed by atoms with E-state index in [-0.39, 0.29) is 18.3 Å². The van der Waals surface area contributed by atoms with Gasteiger partial charge in [-0.25, -0.2) is 14.3 Å². The second-order valence-electron chi connectivity index (χ2n) is 4.56. The van der Waals surface area contributed by atoms with E-state index in [4.69, 9.17) is 0 Å². The van der Waals surface area contributed by atoms with Crippen LogP contribution in [0.5, 0.6) is 0 Å². The Balaban J connectivity index is 2.75. The maximum atomic E-state index is 11.7. The van der Waals surface area contributed by atoms with Crippen LogP contribution in [-0.2, 0) is 22.5 Å². The SMILES string of the molecule is CCc1c(C(=O)OC)nnn1CC(=O)NC(=O)NC(C)C. The lowest BCUT2D eigenvalue weighted by atomic mass is 10.2. The van der Waals surface area contributed by atoms with E-state index >= 15 is 0 Å². The summed E-state index contributed by atoms with van der Waals surface area (Å²) in [7, 11) is 1.24. The normalized spacial score (nSPS) is 10.3. The number of rotatable bonds is 5. The van der Waals surface area contributed by atoms with Crippen LogP contribution in [-0.4, -0.2) is 46.1 Å². The third kappa shape index (κ3) is 4.55. The van der Waals surface area contributed by atoms with Crippen LogP contribution in [0.1, 0.15) is 37.0 Å². The first-order valence-corrected chi connectivity index (χ1v) is 6.50. The predicted octanol–water partition coefficient (Wildman–Crippen LogP) is -0.139. The molecule has 3 amide bonds. The van der Waals surface area contributed by atoms with Crippen molar-refractivity contribution >= 4 is 17.9 Å². The van der Waals surface area contributed by atoms with Gasteiger partial charge in [-0.05, 0) is 20.3 Å². The summed E-state index contributed by atoms with van der Waals surface area (Å²) < 4.78 is 5.85. The Morgan fingerprint density at radius 2 is 2.00 bits per heavy atom. The summed E-state index contributed by atoms with van der Waals surface area (Å²) in [5, 5.41) is 12.1. The van der Waals surface area contributed by atoms with Crippen LogP contribution in [0.25, 0.3) is 0 Å². The van der Waals surface area contributed by atoms with Crippen molar-refractivity contribution in [1.82, 2.24) is 25.6 Å². The number of urea groups is 1. The molecule has 0 fully saturated rings. The number of aromatic nitrogens is 3. The van der Waals surface area contributed by atoms with Crippen molar-refractivity contribution in [2.24, 2.45) is 0 Å². The number of carbonyl (C=O) groups excluding carboxylic acids is 3. The fourth-order valence-corrected chi connectivity index (χ4v) is 1.67. The smallest absolute Gasteiger partial charge is 0.360 e. The number of methoxy groups -OCH3 is 1. The average Bonchev–Trinajstić information content (AvgIpc) is 2.79. The number of nitrogens with zero attached hydrogens (tertiary/aromatic N) is 3. The van der Waals surface area contributed by atoms with Gasteiger partial charge in [0.2, 0.25) is 5.91 Å². The molecule has 21 heavy (non-hydrogen) atoms. The van der Waals surface area contributed by atoms with Crippen molar-refractivity contribution in [3.05, 3.63) is 11.4 Å². The van der Waals surface area contributed by atoms with Gasteiger partial charge < -0.3 is 10.1 Å². The molecule has 0 saturated carbocycles. The maximum absolute atomic E-state index is 11.7. The second-order valence-corrected chi connectivity index (χ2v) is 4.56. The predicted molar refractivity (Wildman–Crippen MR) is 72.5 cm³/mol. The van der Waals surface area contributed by atoms with Gasteiger partial charge in [0.05, 0.1) is 12.8 Å². The molecule has 9 nitrogen and oxygen atoms in total. The van der Waals surface area contributed by atoms with Gasteiger partial charge in [0.1, 0.15) is 6.54 Å². The zero-order valence-corrected chi connectivity index (χ0v) is 12.5. The molecule has 0 aromatic carbocycles. The van der Waals surface area contributed by atoms with Gasteiger partial charge in [0.15, 0.2) is 5.69 Å². The van der Waals surface area contributed by atoms with E-state index in [0.717, 1.165) is 0 Å². The molecule has 1 rings (SSSR count).